The molecule has 2 N–H and O–H groups in total. The van der Waals surface area contributed by atoms with Crippen LogP contribution in [0.1, 0.15) is 12.5 Å². The predicted octanol–water partition coefficient (Wildman–Crippen LogP) is 1.35. The molecule has 0 saturated carbocycles. The van der Waals surface area contributed by atoms with Gasteiger partial charge in [0.25, 0.3) is 0 Å². The van der Waals surface area contributed by atoms with E-state index in [-0.39, 0.29) is 6.04 Å². The molecule has 102 valence electrons. The molecule has 0 bridgehead atoms. The molecule has 0 fully saturated rings. The molecule has 5 nitrogen and oxygen atoms in total. The van der Waals surface area contributed by atoms with Gasteiger partial charge in [-0.25, -0.2) is 13.1 Å². The molecule has 0 heterocycles. The zero-order valence-corrected chi connectivity index (χ0v) is 12.0. The Hall–Kier alpha value is -1.11. The first-order valence-corrected chi connectivity index (χ1v) is 7.18. The summed E-state index contributed by atoms with van der Waals surface area (Å²) in [6.07, 6.45) is 0. The lowest BCUT2D eigenvalue weighted by Gasteiger charge is -2.16. The second-order valence-corrected chi connectivity index (χ2v) is 6.04. The fraction of sp³-hybridized carbons (Fsp3) is 0.500. The Morgan fingerprint density at radius 3 is 2.61 bits per heavy atom. The summed E-state index contributed by atoms with van der Waals surface area (Å²) < 4.78 is 31.0. The molecule has 0 saturated heterocycles. The Labute approximate surface area is 109 Å². The van der Waals surface area contributed by atoms with Crippen molar-refractivity contribution >= 4 is 15.7 Å². The Morgan fingerprint density at radius 2 is 2.06 bits per heavy atom. The first-order valence-electron chi connectivity index (χ1n) is 5.70. The van der Waals surface area contributed by atoms with Crippen LogP contribution in [0.15, 0.2) is 23.1 Å². The molecule has 0 amide bonds. The monoisotopic (exact) mass is 272 g/mol. The zero-order valence-electron chi connectivity index (χ0n) is 11.1. The Bertz CT molecular complexity index is 500. The normalized spacial score (nSPS) is 13.3. The van der Waals surface area contributed by atoms with Gasteiger partial charge in [0, 0.05) is 18.8 Å². The van der Waals surface area contributed by atoms with Gasteiger partial charge in [-0.1, -0.05) is 6.07 Å². The van der Waals surface area contributed by atoms with Crippen molar-refractivity contribution in [3.05, 3.63) is 23.8 Å². The molecule has 1 aromatic rings. The Balaban J connectivity index is 3.02. The summed E-state index contributed by atoms with van der Waals surface area (Å²) in [5.74, 6) is 0. The Kier molecular flexibility index (Phi) is 5.13. The fourth-order valence-corrected chi connectivity index (χ4v) is 2.66. The number of anilines is 1. The van der Waals surface area contributed by atoms with Crippen LogP contribution in [0.3, 0.4) is 0 Å². The van der Waals surface area contributed by atoms with Crippen molar-refractivity contribution in [1.29, 1.82) is 0 Å². The lowest BCUT2D eigenvalue weighted by atomic mass is 10.2. The van der Waals surface area contributed by atoms with E-state index in [1.165, 1.54) is 7.05 Å². The maximum absolute atomic E-state index is 11.8. The third-order valence-electron chi connectivity index (χ3n) is 2.58. The molecule has 6 heteroatoms. The summed E-state index contributed by atoms with van der Waals surface area (Å²) in [7, 11) is -0.386. The lowest BCUT2D eigenvalue weighted by molar-refractivity contribution is 0.190. The number of nitrogens with one attached hydrogen (secondary N) is 2. The highest BCUT2D eigenvalue weighted by molar-refractivity contribution is 7.89. The van der Waals surface area contributed by atoms with Gasteiger partial charge < -0.3 is 10.1 Å². The summed E-state index contributed by atoms with van der Waals surface area (Å²) >= 11 is 0. The van der Waals surface area contributed by atoms with E-state index in [0.717, 1.165) is 5.69 Å². The average molecular weight is 272 g/mol. The number of rotatable bonds is 6. The quantitative estimate of drug-likeness (QED) is 0.820. The maximum atomic E-state index is 11.8. The van der Waals surface area contributed by atoms with Gasteiger partial charge in [0.15, 0.2) is 0 Å². The summed E-state index contributed by atoms with van der Waals surface area (Å²) in [4.78, 5) is 0.291. The number of hydrogen-bond donors (Lipinski definition) is 2. The third-order valence-corrected chi connectivity index (χ3v) is 4.13. The first kappa shape index (κ1) is 14.9. The molecule has 0 aliphatic heterocycles. The number of aryl methyl sites for hydroxylation is 1. The molecule has 0 aromatic heterocycles. The molecule has 1 atom stereocenters. The molecule has 0 aliphatic carbocycles. The second-order valence-electron chi connectivity index (χ2n) is 4.19. The fourth-order valence-electron chi connectivity index (χ4n) is 1.67. The molecule has 1 rings (SSSR count). The summed E-state index contributed by atoms with van der Waals surface area (Å²) in [6, 6.07) is 5.39. The second kappa shape index (κ2) is 6.17. The van der Waals surface area contributed by atoms with Crippen molar-refractivity contribution < 1.29 is 13.2 Å². The largest absolute Gasteiger partial charge is 0.383 e. The molecule has 0 spiro atoms. The van der Waals surface area contributed by atoms with E-state index < -0.39 is 10.0 Å². The SMILES string of the molecule is CNS(=O)(=O)c1cc(NC(C)COC)ccc1C. The summed E-state index contributed by atoms with van der Waals surface area (Å²) in [6.45, 7) is 4.30. The lowest BCUT2D eigenvalue weighted by Crippen LogP contribution is -2.22. The van der Waals surface area contributed by atoms with Gasteiger partial charge in [-0.05, 0) is 38.6 Å². The number of benzene rings is 1. The minimum atomic E-state index is -3.42. The average Bonchev–Trinajstić information content (AvgIpc) is 2.31. The van der Waals surface area contributed by atoms with Crippen molar-refractivity contribution in [2.24, 2.45) is 0 Å². The van der Waals surface area contributed by atoms with Crippen molar-refractivity contribution in [3.63, 3.8) is 0 Å². The standard InChI is InChI=1S/C12H20N2O3S/c1-9-5-6-11(14-10(2)8-17-4)7-12(9)18(15,16)13-3/h5-7,10,13-14H,8H2,1-4H3. The number of sulfonamides is 1. The number of hydrogen-bond acceptors (Lipinski definition) is 4. The van der Waals surface area contributed by atoms with Crippen molar-refractivity contribution in [3.8, 4) is 0 Å². The van der Waals surface area contributed by atoms with Gasteiger partial charge in [0.1, 0.15) is 0 Å². The van der Waals surface area contributed by atoms with E-state index in [1.807, 2.05) is 13.0 Å². The van der Waals surface area contributed by atoms with Gasteiger partial charge >= 0.3 is 0 Å². The van der Waals surface area contributed by atoms with E-state index in [4.69, 9.17) is 4.74 Å². The summed E-state index contributed by atoms with van der Waals surface area (Å²) in [5, 5.41) is 3.19. The molecular formula is C12H20N2O3S. The van der Waals surface area contributed by atoms with Crippen LogP contribution in [0.25, 0.3) is 0 Å². The molecule has 1 unspecified atom stereocenters. The van der Waals surface area contributed by atoms with E-state index in [1.54, 1.807) is 26.2 Å². The van der Waals surface area contributed by atoms with Gasteiger partial charge in [0.05, 0.1) is 11.5 Å². The van der Waals surface area contributed by atoms with Crippen LogP contribution in [-0.4, -0.2) is 35.2 Å². The Morgan fingerprint density at radius 1 is 1.39 bits per heavy atom. The summed E-state index contributed by atoms with van der Waals surface area (Å²) in [5.41, 5.74) is 1.48. The topological polar surface area (TPSA) is 67.4 Å². The molecule has 18 heavy (non-hydrogen) atoms. The number of methoxy groups -OCH3 is 1. The smallest absolute Gasteiger partial charge is 0.240 e. The highest BCUT2D eigenvalue weighted by Crippen LogP contribution is 2.20. The van der Waals surface area contributed by atoms with Crippen LogP contribution in [0.5, 0.6) is 0 Å². The molecule has 0 aliphatic rings. The highest BCUT2D eigenvalue weighted by atomic mass is 32.2. The zero-order chi connectivity index (χ0) is 13.8. The number of ether oxygens (including phenoxy) is 1. The van der Waals surface area contributed by atoms with Gasteiger partial charge in [-0.2, -0.15) is 0 Å². The van der Waals surface area contributed by atoms with Crippen molar-refractivity contribution in [1.82, 2.24) is 4.72 Å². The van der Waals surface area contributed by atoms with Crippen LogP contribution in [0.4, 0.5) is 5.69 Å². The maximum Gasteiger partial charge on any atom is 0.240 e. The van der Waals surface area contributed by atoms with Crippen LogP contribution in [-0.2, 0) is 14.8 Å². The van der Waals surface area contributed by atoms with Gasteiger partial charge in [-0.15, -0.1) is 0 Å². The molecule has 0 radical (unpaired) electrons. The van der Waals surface area contributed by atoms with E-state index >= 15 is 0 Å². The minimum Gasteiger partial charge on any atom is -0.383 e. The van der Waals surface area contributed by atoms with Crippen LogP contribution >= 0.6 is 0 Å². The van der Waals surface area contributed by atoms with E-state index in [2.05, 4.69) is 10.0 Å². The van der Waals surface area contributed by atoms with Crippen molar-refractivity contribution in [2.75, 3.05) is 26.1 Å². The molecule has 1 aromatic carbocycles. The van der Waals surface area contributed by atoms with E-state index in [9.17, 15) is 8.42 Å². The van der Waals surface area contributed by atoms with Crippen LogP contribution in [0, 0.1) is 6.92 Å². The first-order chi connectivity index (χ1) is 8.40. The van der Waals surface area contributed by atoms with Crippen molar-refractivity contribution in [2.45, 2.75) is 24.8 Å². The van der Waals surface area contributed by atoms with Crippen LogP contribution < -0.4 is 10.0 Å². The van der Waals surface area contributed by atoms with Gasteiger partial charge in [-0.3, -0.25) is 0 Å². The van der Waals surface area contributed by atoms with Crippen LogP contribution in [0.2, 0.25) is 0 Å². The van der Waals surface area contributed by atoms with Gasteiger partial charge in [0.2, 0.25) is 10.0 Å². The molecular weight excluding hydrogens is 252 g/mol. The minimum absolute atomic E-state index is 0.114. The van der Waals surface area contributed by atoms with E-state index in [0.29, 0.717) is 17.1 Å². The predicted molar refractivity (Wildman–Crippen MR) is 72.4 cm³/mol. The highest BCUT2D eigenvalue weighted by Gasteiger charge is 2.15. The third kappa shape index (κ3) is 3.69.